The topological polar surface area (TPSA) is 117 Å². The van der Waals surface area contributed by atoms with E-state index >= 15 is 0 Å². The zero-order chi connectivity index (χ0) is 19.4. The number of fused-ring (bicyclic) bond motifs is 3. The highest BCUT2D eigenvalue weighted by atomic mass is 16.5. The standard InChI is InChI=1S/C20H19N5O3/c1-9-16-17(12-4-3-5-13(12)24-20(16)28-25-9)19(27)21-11-6-7-14-15(8-11)23-18(22-14)10(2)26/h6-8,10,26H,3-5H2,1-2H3,(H,21,27)(H,22,23). The number of nitrogens with one attached hydrogen (secondary N) is 2. The van der Waals surface area contributed by atoms with Crippen molar-refractivity contribution in [1.82, 2.24) is 20.1 Å². The fourth-order valence-electron chi connectivity index (χ4n) is 3.86. The normalized spacial score (nSPS) is 14.5. The smallest absolute Gasteiger partial charge is 0.259 e. The average Bonchev–Trinajstić information content (AvgIpc) is 3.38. The summed E-state index contributed by atoms with van der Waals surface area (Å²) in [5.74, 6) is 0.290. The number of carbonyl (C=O) groups is 1. The molecular weight excluding hydrogens is 358 g/mol. The minimum Gasteiger partial charge on any atom is -0.385 e. The quantitative estimate of drug-likeness (QED) is 0.505. The maximum Gasteiger partial charge on any atom is 0.259 e. The number of nitrogens with zero attached hydrogens (tertiary/aromatic N) is 3. The van der Waals surface area contributed by atoms with Crippen LogP contribution in [0.3, 0.4) is 0 Å². The van der Waals surface area contributed by atoms with Crippen LogP contribution in [0.15, 0.2) is 22.7 Å². The molecule has 0 aliphatic heterocycles. The lowest BCUT2D eigenvalue weighted by molar-refractivity contribution is 0.102. The van der Waals surface area contributed by atoms with Crippen molar-refractivity contribution < 1.29 is 14.4 Å². The molecule has 8 nitrogen and oxygen atoms in total. The van der Waals surface area contributed by atoms with E-state index in [2.05, 4.69) is 25.4 Å². The maximum atomic E-state index is 13.2. The number of aliphatic hydroxyl groups is 1. The van der Waals surface area contributed by atoms with E-state index in [0.717, 1.165) is 41.6 Å². The molecule has 0 spiro atoms. The summed E-state index contributed by atoms with van der Waals surface area (Å²) in [5.41, 5.74) is 5.70. The third-order valence-electron chi connectivity index (χ3n) is 5.20. The summed E-state index contributed by atoms with van der Waals surface area (Å²) in [4.78, 5) is 25.2. The molecule has 0 bridgehead atoms. The number of anilines is 1. The third-order valence-corrected chi connectivity index (χ3v) is 5.20. The first-order valence-corrected chi connectivity index (χ1v) is 9.28. The van der Waals surface area contributed by atoms with E-state index < -0.39 is 6.10 Å². The summed E-state index contributed by atoms with van der Waals surface area (Å²) in [6, 6.07) is 5.42. The lowest BCUT2D eigenvalue weighted by Gasteiger charge is -2.10. The summed E-state index contributed by atoms with van der Waals surface area (Å²) in [7, 11) is 0. The third kappa shape index (κ3) is 2.56. The first-order chi connectivity index (χ1) is 13.5. The SMILES string of the molecule is Cc1noc2nc3c(c(C(=O)Nc4ccc5nc(C(C)O)[nH]c5c4)c12)CCC3. The van der Waals surface area contributed by atoms with Gasteiger partial charge in [-0.05, 0) is 56.9 Å². The van der Waals surface area contributed by atoms with Gasteiger partial charge in [0.15, 0.2) is 0 Å². The summed E-state index contributed by atoms with van der Waals surface area (Å²) in [5, 5.41) is 17.4. The maximum absolute atomic E-state index is 13.2. The van der Waals surface area contributed by atoms with Gasteiger partial charge < -0.3 is 19.9 Å². The second kappa shape index (κ2) is 6.13. The van der Waals surface area contributed by atoms with Crippen molar-refractivity contribution in [2.45, 2.75) is 39.2 Å². The molecule has 0 saturated heterocycles. The van der Waals surface area contributed by atoms with Gasteiger partial charge in [0, 0.05) is 11.4 Å². The van der Waals surface area contributed by atoms with E-state index in [0.29, 0.717) is 33.9 Å². The molecule has 3 aromatic heterocycles. The molecule has 0 saturated carbocycles. The Bertz CT molecular complexity index is 1240. The molecule has 1 atom stereocenters. The molecule has 1 amide bonds. The number of aromatic nitrogens is 4. The fraction of sp³-hybridized carbons (Fsp3) is 0.300. The highest BCUT2D eigenvalue weighted by molar-refractivity contribution is 6.14. The van der Waals surface area contributed by atoms with E-state index in [1.165, 1.54) is 0 Å². The largest absolute Gasteiger partial charge is 0.385 e. The van der Waals surface area contributed by atoms with Crippen LogP contribution in [-0.2, 0) is 12.8 Å². The van der Waals surface area contributed by atoms with Gasteiger partial charge in [0.05, 0.1) is 27.7 Å². The number of hydrogen-bond acceptors (Lipinski definition) is 6. The Morgan fingerprint density at radius 2 is 2.18 bits per heavy atom. The number of imidazole rings is 1. The van der Waals surface area contributed by atoms with E-state index in [-0.39, 0.29) is 5.91 Å². The average molecular weight is 377 g/mol. The van der Waals surface area contributed by atoms with Gasteiger partial charge in [0.1, 0.15) is 11.9 Å². The van der Waals surface area contributed by atoms with Crippen LogP contribution in [0, 0.1) is 6.92 Å². The van der Waals surface area contributed by atoms with Crippen LogP contribution in [0.5, 0.6) is 0 Å². The molecule has 1 unspecified atom stereocenters. The van der Waals surface area contributed by atoms with E-state index in [4.69, 9.17) is 4.52 Å². The van der Waals surface area contributed by atoms with Crippen molar-refractivity contribution in [2.75, 3.05) is 5.32 Å². The van der Waals surface area contributed by atoms with E-state index in [9.17, 15) is 9.90 Å². The number of pyridine rings is 1. The summed E-state index contributed by atoms with van der Waals surface area (Å²) >= 11 is 0. The number of hydrogen-bond donors (Lipinski definition) is 3. The Morgan fingerprint density at radius 1 is 1.32 bits per heavy atom. The fourth-order valence-corrected chi connectivity index (χ4v) is 3.86. The molecule has 4 aromatic rings. The van der Waals surface area contributed by atoms with Crippen molar-refractivity contribution >= 4 is 33.7 Å². The van der Waals surface area contributed by atoms with Crippen molar-refractivity contribution in [2.24, 2.45) is 0 Å². The van der Waals surface area contributed by atoms with E-state index in [1.807, 2.05) is 19.1 Å². The number of H-pyrrole nitrogens is 1. The van der Waals surface area contributed by atoms with Crippen LogP contribution in [0.2, 0.25) is 0 Å². The molecule has 1 aliphatic carbocycles. The number of carbonyl (C=O) groups excluding carboxylic acids is 1. The predicted octanol–water partition coefficient (Wildman–Crippen LogP) is 3.20. The van der Waals surface area contributed by atoms with Crippen molar-refractivity contribution in [1.29, 1.82) is 0 Å². The van der Waals surface area contributed by atoms with Gasteiger partial charge in [0.2, 0.25) is 0 Å². The van der Waals surface area contributed by atoms with Crippen LogP contribution < -0.4 is 5.32 Å². The molecule has 3 heterocycles. The molecule has 5 rings (SSSR count). The van der Waals surface area contributed by atoms with Gasteiger partial charge in [-0.2, -0.15) is 0 Å². The number of benzene rings is 1. The summed E-state index contributed by atoms with van der Waals surface area (Å²) in [6.45, 7) is 3.47. The zero-order valence-corrected chi connectivity index (χ0v) is 15.5. The Morgan fingerprint density at radius 3 is 3.00 bits per heavy atom. The molecule has 142 valence electrons. The van der Waals surface area contributed by atoms with Crippen LogP contribution in [0.1, 0.15) is 52.6 Å². The highest BCUT2D eigenvalue weighted by Crippen LogP contribution is 2.32. The monoisotopic (exact) mass is 377 g/mol. The van der Waals surface area contributed by atoms with E-state index in [1.54, 1.807) is 13.0 Å². The molecule has 1 aliphatic rings. The van der Waals surface area contributed by atoms with Gasteiger partial charge >= 0.3 is 0 Å². The molecule has 8 heteroatoms. The molecule has 0 fully saturated rings. The molecule has 0 radical (unpaired) electrons. The predicted molar refractivity (Wildman–Crippen MR) is 103 cm³/mol. The number of amides is 1. The Balaban J connectivity index is 1.56. The number of aromatic amines is 1. The van der Waals surface area contributed by atoms with Crippen molar-refractivity contribution in [3.05, 3.63) is 46.5 Å². The highest BCUT2D eigenvalue weighted by Gasteiger charge is 2.27. The first-order valence-electron chi connectivity index (χ1n) is 9.28. The van der Waals surface area contributed by atoms with Crippen LogP contribution in [0.4, 0.5) is 5.69 Å². The van der Waals surface area contributed by atoms with Gasteiger partial charge in [-0.25, -0.2) is 9.97 Å². The van der Waals surface area contributed by atoms with Gasteiger partial charge in [-0.15, -0.1) is 0 Å². The molecular formula is C20H19N5O3. The minimum atomic E-state index is -0.685. The zero-order valence-electron chi connectivity index (χ0n) is 15.5. The first kappa shape index (κ1) is 16.9. The van der Waals surface area contributed by atoms with Crippen LogP contribution in [-0.4, -0.2) is 31.1 Å². The second-order valence-electron chi connectivity index (χ2n) is 7.20. The summed E-state index contributed by atoms with van der Waals surface area (Å²) in [6.07, 6.45) is 1.95. The number of aryl methyl sites for hydroxylation is 2. The van der Waals surface area contributed by atoms with Crippen LogP contribution >= 0.6 is 0 Å². The molecule has 28 heavy (non-hydrogen) atoms. The number of aliphatic hydroxyl groups excluding tert-OH is 1. The second-order valence-corrected chi connectivity index (χ2v) is 7.20. The molecule has 3 N–H and O–H groups in total. The Kier molecular flexibility index (Phi) is 3.70. The Hall–Kier alpha value is -3.26. The van der Waals surface area contributed by atoms with Crippen molar-refractivity contribution in [3.8, 4) is 0 Å². The van der Waals surface area contributed by atoms with Gasteiger partial charge in [-0.3, -0.25) is 4.79 Å². The lowest BCUT2D eigenvalue weighted by atomic mass is 10.0. The number of rotatable bonds is 3. The minimum absolute atomic E-state index is 0.202. The summed E-state index contributed by atoms with van der Waals surface area (Å²) < 4.78 is 5.32. The molecule has 1 aromatic carbocycles. The Labute approximate surface area is 160 Å². The van der Waals surface area contributed by atoms with Gasteiger partial charge in [-0.1, -0.05) is 5.16 Å². The van der Waals surface area contributed by atoms with Gasteiger partial charge in [0.25, 0.3) is 11.6 Å². The van der Waals surface area contributed by atoms with Crippen LogP contribution in [0.25, 0.3) is 22.1 Å². The van der Waals surface area contributed by atoms with Crippen molar-refractivity contribution in [3.63, 3.8) is 0 Å². The lowest BCUT2D eigenvalue weighted by Crippen LogP contribution is -2.15.